The average molecular weight is 467 g/mol. The Morgan fingerprint density at radius 3 is 2.45 bits per heavy atom. The molecule has 0 aromatic heterocycles. The van der Waals surface area contributed by atoms with Gasteiger partial charge in [-0.15, -0.1) is 0 Å². The molecule has 1 N–H and O–H groups in total. The van der Waals surface area contributed by atoms with Gasteiger partial charge in [0.25, 0.3) is 5.91 Å². The number of para-hydroxylation sites is 1. The molecule has 7 nitrogen and oxygen atoms in total. The maximum atomic E-state index is 12.7. The van der Waals surface area contributed by atoms with Gasteiger partial charge < -0.3 is 14.8 Å². The number of halogens is 1. The van der Waals surface area contributed by atoms with E-state index in [-0.39, 0.29) is 24.0 Å². The Morgan fingerprint density at radius 1 is 1.10 bits per heavy atom. The van der Waals surface area contributed by atoms with E-state index in [0.29, 0.717) is 29.6 Å². The second-order valence-electron chi connectivity index (χ2n) is 7.27. The first-order valence-electron chi connectivity index (χ1n) is 10.3. The van der Waals surface area contributed by atoms with E-state index in [1.165, 1.54) is 4.31 Å². The van der Waals surface area contributed by atoms with Gasteiger partial charge in [0.05, 0.1) is 16.5 Å². The second kappa shape index (κ2) is 10.8. The van der Waals surface area contributed by atoms with Crippen LogP contribution in [-0.2, 0) is 14.8 Å². The molecule has 0 bridgehead atoms. The fourth-order valence-electron chi connectivity index (χ4n) is 3.23. The second-order valence-corrected chi connectivity index (χ2v) is 9.61. The smallest absolute Gasteiger partial charge is 0.260 e. The fraction of sp³-hybridized carbons (Fsp3) is 0.409. The summed E-state index contributed by atoms with van der Waals surface area (Å²) in [6.45, 7) is 3.30. The van der Waals surface area contributed by atoms with Crippen molar-refractivity contribution in [3.63, 3.8) is 0 Å². The number of carbonyl (C=O) groups excluding carboxylic acids is 1. The molecule has 2 aromatic rings. The summed E-state index contributed by atoms with van der Waals surface area (Å²) in [5, 5.41) is 3.18. The Balaban J connectivity index is 1.43. The minimum Gasteiger partial charge on any atom is -0.492 e. The Kier molecular flexibility index (Phi) is 8.17. The van der Waals surface area contributed by atoms with E-state index in [9.17, 15) is 13.2 Å². The van der Waals surface area contributed by atoms with Crippen LogP contribution in [0.5, 0.6) is 11.5 Å². The zero-order valence-corrected chi connectivity index (χ0v) is 19.0. The third-order valence-corrected chi connectivity index (χ3v) is 7.18. The number of sulfonamides is 1. The van der Waals surface area contributed by atoms with Gasteiger partial charge in [-0.1, -0.05) is 30.2 Å². The van der Waals surface area contributed by atoms with E-state index < -0.39 is 16.1 Å². The van der Waals surface area contributed by atoms with Crippen molar-refractivity contribution in [3.8, 4) is 11.5 Å². The van der Waals surface area contributed by atoms with Crippen molar-refractivity contribution < 1.29 is 22.7 Å². The number of piperidine rings is 1. The SMILES string of the molecule is C[C@H](Oc1ccccc1Cl)C(=O)NCCOc1ccc(S(=O)(=O)N2CCCCC2)cc1. The molecule has 2 aromatic carbocycles. The van der Waals surface area contributed by atoms with Crippen molar-refractivity contribution in [2.75, 3.05) is 26.2 Å². The first-order valence-corrected chi connectivity index (χ1v) is 12.1. The molecule has 1 aliphatic heterocycles. The number of hydrogen-bond donors (Lipinski definition) is 1. The van der Waals surface area contributed by atoms with Crippen LogP contribution in [0.1, 0.15) is 26.2 Å². The summed E-state index contributed by atoms with van der Waals surface area (Å²) in [6, 6.07) is 13.3. The molecule has 168 valence electrons. The lowest BCUT2D eigenvalue weighted by Crippen LogP contribution is -2.38. The Labute approximate surface area is 188 Å². The molecular formula is C22H27ClN2O5S. The van der Waals surface area contributed by atoms with Gasteiger partial charge in [0.15, 0.2) is 6.10 Å². The standard InChI is InChI=1S/C22H27ClN2O5S/c1-17(30-21-8-4-3-7-20(21)23)22(26)24-13-16-29-18-9-11-19(12-10-18)31(27,28)25-14-5-2-6-15-25/h3-4,7-12,17H,2,5-6,13-16H2,1H3,(H,24,26)/t17-/m0/s1. The molecule has 3 rings (SSSR count). The highest BCUT2D eigenvalue weighted by Gasteiger charge is 2.25. The molecule has 1 heterocycles. The summed E-state index contributed by atoms with van der Waals surface area (Å²) in [7, 11) is -3.46. The van der Waals surface area contributed by atoms with Gasteiger partial charge in [-0.25, -0.2) is 8.42 Å². The summed E-state index contributed by atoms with van der Waals surface area (Å²) >= 11 is 6.03. The lowest BCUT2D eigenvalue weighted by Gasteiger charge is -2.25. The van der Waals surface area contributed by atoms with Gasteiger partial charge in [0, 0.05) is 13.1 Å². The molecule has 0 radical (unpaired) electrons. The van der Waals surface area contributed by atoms with Crippen molar-refractivity contribution in [2.45, 2.75) is 37.2 Å². The average Bonchev–Trinajstić information content (AvgIpc) is 2.79. The molecule has 31 heavy (non-hydrogen) atoms. The molecule has 1 atom stereocenters. The van der Waals surface area contributed by atoms with Crippen molar-refractivity contribution in [1.29, 1.82) is 0 Å². The van der Waals surface area contributed by atoms with Crippen LogP contribution in [-0.4, -0.2) is 51.0 Å². The van der Waals surface area contributed by atoms with Gasteiger partial charge in [-0.2, -0.15) is 4.31 Å². The van der Waals surface area contributed by atoms with Crippen LogP contribution in [0.2, 0.25) is 5.02 Å². The van der Waals surface area contributed by atoms with Gasteiger partial charge in [0.1, 0.15) is 18.1 Å². The molecule has 0 saturated carbocycles. The molecule has 1 amide bonds. The van der Waals surface area contributed by atoms with E-state index in [0.717, 1.165) is 19.3 Å². The Morgan fingerprint density at radius 2 is 1.77 bits per heavy atom. The molecule has 1 aliphatic rings. The number of amides is 1. The lowest BCUT2D eigenvalue weighted by atomic mass is 10.2. The predicted molar refractivity (Wildman–Crippen MR) is 119 cm³/mol. The fourth-order valence-corrected chi connectivity index (χ4v) is 4.93. The third kappa shape index (κ3) is 6.35. The number of ether oxygens (including phenoxy) is 2. The summed E-state index contributed by atoms with van der Waals surface area (Å²) in [4.78, 5) is 12.4. The monoisotopic (exact) mass is 466 g/mol. The number of nitrogens with zero attached hydrogens (tertiary/aromatic N) is 1. The van der Waals surface area contributed by atoms with Gasteiger partial charge in [-0.05, 0) is 56.2 Å². The highest BCUT2D eigenvalue weighted by molar-refractivity contribution is 7.89. The number of nitrogens with one attached hydrogen (secondary N) is 1. The van der Waals surface area contributed by atoms with Crippen molar-refractivity contribution >= 4 is 27.5 Å². The summed E-state index contributed by atoms with van der Waals surface area (Å²) in [5.41, 5.74) is 0. The maximum Gasteiger partial charge on any atom is 0.260 e. The molecule has 0 spiro atoms. The molecule has 0 unspecified atom stereocenters. The van der Waals surface area contributed by atoms with Crippen LogP contribution >= 0.6 is 11.6 Å². The van der Waals surface area contributed by atoms with Crippen molar-refractivity contribution in [2.24, 2.45) is 0 Å². The van der Waals surface area contributed by atoms with E-state index in [1.807, 2.05) is 0 Å². The Bertz CT molecular complexity index is 976. The number of carbonyl (C=O) groups is 1. The number of rotatable bonds is 9. The van der Waals surface area contributed by atoms with Crippen LogP contribution in [0.25, 0.3) is 0 Å². The predicted octanol–water partition coefficient (Wildman–Crippen LogP) is 3.48. The minimum atomic E-state index is -3.46. The number of benzene rings is 2. The van der Waals surface area contributed by atoms with Gasteiger partial charge in [-0.3, -0.25) is 4.79 Å². The largest absolute Gasteiger partial charge is 0.492 e. The zero-order chi connectivity index (χ0) is 22.3. The van der Waals surface area contributed by atoms with Gasteiger partial charge >= 0.3 is 0 Å². The van der Waals surface area contributed by atoms with E-state index in [1.54, 1.807) is 55.5 Å². The zero-order valence-electron chi connectivity index (χ0n) is 17.4. The van der Waals surface area contributed by atoms with Crippen molar-refractivity contribution in [3.05, 3.63) is 53.6 Å². The molecular weight excluding hydrogens is 440 g/mol. The highest BCUT2D eigenvalue weighted by atomic mass is 35.5. The summed E-state index contributed by atoms with van der Waals surface area (Å²) < 4.78 is 38.0. The van der Waals surface area contributed by atoms with Crippen molar-refractivity contribution in [1.82, 2.24) is 9.62 Å². The van der Waals surface area contributed by atoms with E-state index in [2.05, 4.69) is 5.32 Å². The van der Waals surface area contributed by atoms with Crippen LogP contribution in [0, 0.1) is 0 Å². The molecule has 9 heteroatoms. The highest BCUT2D eigenvalue weighted by Crippen LogP contribution is 2.24. The Hall–Kier alpha value is -2.29. The van der Waals surface area contributed by atoms with Crippen LogP contribution in [0.4, 0.5) is 0 Å². The number of hydrogen-bond acceptors (Lipinski definition) is 5. The van der Waals surface area contributed by atoms with Crippen LogP contribution in [0.15, 0.2) is 53.4 Å². The molecule has 1 fully saturated rings. The summed E-state index contributed by atoms with van der Waals surface area (Å²) in [5.74, 6) is 0.696. The lowest BCUT2D eigenvalue weighted by molar-refractivity contribution is -0.127. The summed E-state index contributed by atoms with van der Waals surface area (Å²) in [6.07, 6.45) is 2.15. The first-order chi connectivity index (χ1) is 14.9. The molecule has 0 aliphatic carbocycles. The quantitative estimate of drug-likeness (QED) is 0.572. The minimum absolute atomic E-state index is 0.239. The van der Waals surface area contributed by atoms with Crippen LogP contribution in [0.3, 0.4) is 0 Å². The third-order valence-electron chi connectivity index (χ3n) is 4.96. The molecule has 1 saturated heterocycles. The van der Waals surface area contributed by atoms with E-state index in [4.69, 9.17) is 21.1 Å². The maximum absolute atomic E-state index is 12.7. The van der Waals surface area contributed by atoms with Crippen LogP contribution < -0.4 is 14.8 Å². The normalized spacial score (nSPS) is 15.8. The van der Waals surface area contributed by atoms with E-state index >= 15 is 0 Å². The first kappa shape index (κ1) is 23.4. The van der Waals surface area contributed by atoms with Gasteiger partial charge in [0.2, 0.25) is 10.0 Å². The topological polar surface area (TPSA) is 84.9 Å².